The molecule has 31 heavy (non-hydrogen) atoms. The van der Waals surface area contributed by atoms with Crippen molar-refractivity contribution in [2.45, 2.75) is 115 Å². The van der Waals surface area contributed by atoms with E-state index >= 15 is 0 Å². The predicted molar refractivity (Wildman–Crippen MR) is 119 cm³/mol. The van der Waals surface area contributed by atoms with Crippen molar-refractivity contribution in [2.24, 2.45) is 0 Å². The highest BCUT2D eigenvalue weighted by Crippen LogP contribution is 2.20. The van der Waals surface area contributed by atoms with Gasteiger partial charge in [-0.3, -0.25) is 4.79 Å². The normalized spacial score (nSPS) is 26.7. The molecule has 0 bridgehead atoms. The summed E-state index contributed by atoms with van der Waals surface area (Å²) in [5, 5.41) is 38.3. The van der Waals surface area contributed by atoms with Crippen molar-refractivity contribution in [1.29, 1.82) is 0 Å². The molecule has 7 nitrogen and oxygen atoms in total. The average Bonchev–Trinajstić information content (AvgIpc) is 2.76. The smallest absolute Gasteiger partial charge is 0.305 e. The molecule has 180 valence electrons. The largest absolute Gasteiger partial charge is 0.463 e. The van der Waals surface area contributed by atoms with E-state index in [4.69, 9.17) is 9.47 Å². The molecule has 0 radical (unpaired) electrons. The van der Waals surface area contributed by atoms with Crippen LogP contribution in [0.1, 0.15) is 84.0 Å². The minimum Gasteiger partial charge on any atom is -0.463 e. The van der Waals surface area contributed by atoms with E-state index in [1.807, 2.05) is 0 Å². The highest BCUT2D eigenvalue weighted by molar-refractivity contribution is 5.69. The number of hydrogen-bond acceptors (Lipinski definition) is 7. The lowest BCUT2D eigenvalue weighted by Gasteiger charge is -2.37. The van der Waals surface area contributed by atoms with Gasteiger partial charge >= 0.3 is 5.97 Å². The van der Waals surface area contributed by atoms with Gasteiger partial charge in [0.05, 0.1) is 0 Å². The Morgan fingerprint density at radius 3 is 1.97 bits per heavy atom. The molecule has 1 fully saturated rings. The number of carbonyl (C=O) groups excluding carboxylic acids is 1. The van der Waals surface area contributed by atoms with E-state index in [0.29, 0.717) is 6.42 Å². The van der Waals surface area contributed by atoms with Gasteiger partial charge in [-0.15, -0.1) is 0 Å². The Morgan fingerprint density at radius 1 is 0.774 bits per heavy atom. The average molecular weight is 443 g/mol. The van der Waals surface area contributed by atoms with E-state index in [9.17, 15) is 25.2 Å². The quantitative estimate of drug-likeness (QED) is 0.165. The van der Waals surface area contributed by atoms with Crippen molar-refractivity contribution in [3.05, 3.63) is 24.3 Å². The number of unbranched alkanes of at least 4 members (excludes halogenated alkanes) is 8. The first-order chi connectivity index (χ1) is 15.0. The number of aliphatic hydroxyl groups is 4. The Morgan fingerprint density at radius 2 is 1.35 bits per heavy atom. The van der Waals surface area contributed by atoms with Crippen molar-refractivity contribution in [1.82, 2.24) is 0 Å². The molecule has 4 N–H and O–H groups in total. The fraction of sp³-hybridized carbons (Fsp3) is 0.792. The molecule has 0 amide bonds. The number of carbonyl (C=O) groups is 1. The lowest BCUT2D eigenvalue weighted by atomic mass is 9.99. The maximum absolute atomic E-state index is 11.8. The van der Waals surface area contributed by atoms with Crippen LogP contribution in [0.15, 0.2) is 24.3 Å². The number of rotatable bonds is 16. The van der Waals surface area contributed by atoms with E-state index < -0.39 is 36.7 Å². The first kappa shape index (κ1) is 27.8. The molecule has 0 unspecified atom stereocenters. The standard InChI is InChI=1S/C24H42O7/c1-2-3-4-5-6-7-8-9-10-11-12-13-14-15-16-17-20(25)30-18-19-21(26)22(27)23(28)24(29)31-19/h7-8,12-13,19,21-24,26-29H,2-6,9-11,14-18H2,1H3/b8-7+,13-12-/t19-,21-,22+,23-,24-/m1/s1. The van der Waals surface area contributed by atoms with Gasteiger partial charge in [-0.2, -0.15) is 0 Å². The predicted octanol–water partition coefficient (Wildman–Crippen LogP) is 3.14. The number of hydrogen-bond donors (Lipinski definition) is 4. The third-order valence-corrected chi connectivity index (χ3v) is 5.40. The van der Waals surface area contributed by atoms with Crippen LogP contribution in [-0.4, -0.2) is 63.7 Å². The molecule has 7 heteroatoms. The number of ether oxygens (including phenoxy) is 2. The summed E-state index contributed by atoms with van der Waals surface area (Å²) < 4.78 is 10.0. The van der Waals surface area contributed by atoms with Crippen LogP contribution in [0.25, 0.3) is 0 Å². The van der Waals surface area contributed by atoms with Crippen LogP contribution in [0, 0.1) is 0 Å². The summed E-state index contributed by atoms with van der Waals surface area (Å²) in [5.41, 5.74) is 0. The van der Waals surface area contributed by atoms with Gasteiger partial charge in [0.15, 0.2) is 6.29 Å². The molecular weight excluding hydrogens is 400 g/mol. The lowest BCUT2D eigenvalue weighted by Crippen LogP contribution is -2.58. The minimum atomic E-state index is -1.62. The molecule has 0 aromatic rings. The zero-order valence-corrected chi connectivity index (χ0v) is 18.9. The Labute approximate surface area is 186 Å². The third kappa shape index (κ3) is 12.4. The van der Waals surface area contributed by atoms with E-state index in [0.717, 1.165) is 32.1 Å². The minimum absolute atomic E-state index is 0.257. The first-order valence-corrected chi connectivity index (χ1v) is 11.8. The van der Waals surface area contributed by atoms with Crippen LogP contribution in [0.3, 0.4) is 0 Å². The maximum atomic E-state index is 11.8. The van der Waals surface area contributed by atoms with Gasteiger partial charge in [-0.25, -0.2) is 0 Å². The Hall–Kier alpha value is -1.25. The maximum Gasteiger partial charge on any atom is 0.305 e. The Balaban J connectivity index is 1.98. The summed E-state index contributed by atoms with van der Waals surface area (Å²) in [7, 11) is 0. The summed E-state index contributed by atoms with van der Waals surface area (Å²) in [4.78, 5) is 11.8. The van der Waals surface area contributed by atoms with Crippen LogP contribution >= 0.6 is 0 Å². The molecule has 0 aromatic heterocycles. The molecule has 0 spiro atoms. The van der Waals surface area contributed by atoms with Crippen LogP contribution in [0.4, 0.5) is 0 Å². The summed E-state index contributed by atoms with van der Waals surface area (Å²) in [6.07, 6.45) is 14.2. The number of aliphatic hydroxyl groups excluding tert-OH is 4. The molecule has 0 saturated carbocycles. The molecule has 5 atom stereocenters. The van der Waals surface area contributed by atoms with Gasteiger partial charge in [0, 0.05) is 6.42 Å². The SMILES string of the molecule is CCCCCC/C=C/CCC/C=C\CCCCC(=O)OC[C@H]1O[C@@H](O)[C@H](O)[C@@H](O)[C@@H]1O. The van der Waals surface area contributed by atoms with Gasteiger partial charge in [0.2, 0.25) is 0 Å². The van der Waals surface area contributed by atoms with Gasteiger partial charge in [0.25, 0.3) is 0 Å². The fourth-order valence-corrected chi connectivity index (χ4v) is 3.36. The summed E-state index contributed by atoms with van der Waals surface area (Å²) >= 11 is 0. The van der Waals surface area contributed by atoms with E-state index in [-0.39, 0.29) is 13.0 Å². The molecule has 1 saturated heterocycles. The zero-order chi connectivity index (χ0) is 22.9. The zero-order valence-electron chi connectivity index (χ0n) is 18.9. The van der Waals surface area contributed by atoms with Crippen molar-refractivity contribution in [3.63, 3.8) is 0 Å². The second-order valence-corrected chi connectivity index (χ2v) is 8.19. The van der Waals surface area contributed by atoms with E-state index in [1.54, 1.807) is 0 Å². The van der Waals surface area contributed by atoms with Crippen LogP contribution in [0.2, 0.25) is 0 Å². The Bertz CT molecular complexity index is 520. The molecule has 1 heterocycles. The van der Waals surface area contributed by atoms with Crippen LogP contribution in [-0.2, 0) is 14.3 Å². The third-order valence-electron chi connectivity index (χ3n) is 5.40. The molecule has 0 aromatic carbocycles. The fourth-order valence-electron chi connectivity index (χ4n) is 3.36. The topological polar surface area (TPSA) is 116 Å². The van der Waals surface area contributed by atoms with Gasteiger partial charge < -0.3 is 29.9 Å². The second-order valence-electron chi connectivity index (χ2n) is 8.19. The first-order valence-electron chi connectivity index (χ1n) is 11.8. The molecule has 0 aliphatic carbocycles. The molecule has 1 aliphatic rings. The summed E-state index contributed by atoms with van der Waals surface area (Å²) in [6.45, 7) is 1.95. The summed E-state index contributed by atoms with van der Waals surface area (Å²) in [6, 6.07) is 0. The van der Waals surface area contributed by atoms with Crippen LogP contribution in [0.5, 0.6) is 0 Å². The van der Waals surface area contributed by atoms with E-state index in [1.165, 1.54) is 32.1 Å². The monoisotopic (exact) mass is 442 g/mol. The van der Waals surface area contributed by atoms with Crippen molar-refractivity contribution >= 4 is 5.97 Å². The van der Waals surface area contributed by atoms with Crippen LogP contribution < -0.4 is 0 Å². The highest BCUT2D eigenvalue weighted by Gasteiger charge is 2.43. The van der Waals surface area contributed by atoms with Crippen molar-refractivity contribution in [3.8, 4) is 0 Å². The molecule has 1 rings (SSSR count). The molecular formula is C24H42O7. The van der Waals surface area contributed by atoms with Crippen molar-refractivity contribution < 1.29 is 34.7 Å². The summed E-state index contributed by atoms with van der Waals surface area (Å²) in [5.74, 6) is -0.420. The second kappa shape index (κ2) is 17.3. The highest BCUT2D eigenvalue weighted by atomic mass is 16.6. The molecule has 1 aliphatic heterocycles. The van der Waals surface area contributed by atoms with Gasteiger partial charge in [-0.05, 0) is 51.4 Å². The number of esters is 1. The Kier molecular flexibility index (Phi) is 15.5. The number of allylic oxidation sites excluding steroid dienone is 4. The van der Waals surface area contributed by atoms with E-state index in [2.05, 4.69) is 31.2 Å². The van der Waals surface area contributed by atoms with Crippen molar-refractivity contribution in [2.75, 3.05) is 6.61 Å². The van der Waals surface area contributed by atoms with Gasteiger partial charge in [0.1, 0.15) is 31.0 Å². The van der Waals surface area contributed by atoms with Gasteiger partial charge in [-0.1, -0.05) is 50.5 Å². The lowest BCUT2D eigenvalue weighted by molar-refractivity contribution is -0.287.